The molecule has 1 saturated heterocycles. The van der Waals surface area contributed by atoms with Crippen molar-refractivity contribution in [3.63, 3.8) is 0 Å². The molecule has 2 aliphatic rings. The van der Waals surface area contributed by atoms with Crippen LogP contribution < -0.4 is 4.74 Å². The third kappa shape index (κ3) is 3.36. The molecule has 2 aromatic rings. The first-order chi connectivity index (χ1) is 13.2. The molecular formula is C21H29FN4O. The molecule has 0 amide bonds. The first-order valence-corrected chi connectivity index (χ1v) is 9.99. The largest absolute Gasteiger partial charge is 0.497 e. The summed E-state index contributed by atoms with van der Waals surface area (Å²) in [6.07, 6.45) is 6.13. The highest BCUT2D eigenvalue weighted by molar-refractivity contribution is 5.30. The Labute approximate surface area is 160 Å². The van der Waals surface area contributed by atoms with Gasteiger partial charge in [0.15, 0.2) is 0 Å². The van der Waals surface area contributed by atoms with E-state index in [2.05, 4.69) is 21.7 Å². The molecule has 146 valence electrons. The van der Waals surface area contributed by atoms with Crippen LogP contribution in [0, 0.1) is 5.82 Å². The van der Waals surface area contributed by atoms with Crippen LogP contribution >= 0.6 is 0 Å². The highest BCUT2D eigenvalue weighted by Crippen LogP contribution is 2.42. The molecule has 0 saturated carbocycles. The number of nitrogens with one attached hydrogen (secondary N) is 1. The van der Waals surface area contributed by atoms with Crippen molar-refractivity contribution in [2.75, 3.05) is 33.3 Å². The number of fused-ring (bicyclic) bond motifs is 2. The number of aromatic amines is 1. The number of nitrogens with zero attached hydrogens (tertiary/aromatic N) is 3. The highest BCUT2D eigenvalue weighted by atomic mass is 19.1. The second kappa shape index (κ2) is 7.60. The van der Waals surface area contributed by atoms with E-state index in [4.69, 9.17) is 9.72 Å². The van der Waals surface area contributed by atoms with E-state index >= 15 is 0 Å². The summed E-state index contributed by atoms with van der Waals surface area (Å²) in [7, 11) is 1.62. The van der Waals surface area contributed by atoms with E-state index in [-0.39, 0.29) is 11.4 Å². The van der Waals surface area contributed by atoms with E-state index < -0.39 is 0 Å². The van der Waals surface area contributed by atoms with Crippen LogP contribution in [0.2, 0.25) is 0 Å². The van der Waals surface area contributed by atoms with Gasteiger partial charge in [-0.05, 0) is 44.0 Å². The van der Waals surface area contributed by atoms with Crippen LogP contribution in [0.1, 0.15) is 43.1 Å². The van der Waals surface area contributed by atoms with Crippen LogP contribution in [0.4, 0.5) is 4.39 Å². The van der Waals surface area contributed by atoms with Gasteiger partial charge >= 0.3 is 0 Å². The zero-order chi connectivity index (χ0) is 18.9. The minimum atomic E-state index is -0.157. The average molecular weight is 372 g/mol. The molecule has 1 fully saturated rings. The third-order valence-electron chi connectivity index (χ3n) is 6.22. The summed E-state index contributed by atoms with van der Waals surface area (Å²) in [5.41, 5.74) is 3.29. The molecule has 1 spiro atoms. The fourth-order valence-corrected chi connectivity index (χ4v) is 4.79. The van der Waals surface area contributed by atoms with Gasteiger partial charge in [0.2, 0.25) is 0 Å². The predicted octanol–water partition coefficient (Wildman–Crippen LogP) is 3.32. The van der Waals surface area contributed by atoms with Crippen molar-refractivity contribution in [1.82, 2.24) is 19.8 Å². The van der Waals surface area contributed by atoms with E-state index in [9.17, 15) is 4.39 Å². The second-order valence-electron chi connectivity index (χ2n) is 7.73. The number of ether oxygens (including phenoxy) is 1. The van der Waals surface area contributed by atoms with Crippen molar-refractivity contribution in [2.45, 2.75) is 44.7 Å². The molecule has 1 aromatic carbocycles. The predicted molar refractivity (Wildman–Crippen MR) is 103 cm³/mol. The topological polar surface area (TPSA) is 44.4 Å². The molecule has 0 radical (unpaired) electrons. The maximum absolute atomic E-state index is 14.2. The van der Waals surface area contributed by atoms with Gasteiger partial charge in [0.25, 0.3) is 0 Å². The number of benzene rings is 1. The Morgan fingerprint density at radius 1 is 1.26 bits per heavy atom. The van der Waals surface area contributed by atoms with Gasteiger partial charge in [0.1, 0.15) is 11.6 Å². The van der Waals surface area contributed by atoms with Crippen LogP contribution in [-0.4, -0.2) is 53.1 Å². The molecule has 27 heavy (non-hydrogen) atoms. The van der Waals surface area contributed by atoms with Gasteiger partial charge in [0, 0.05) is 43.9 Å². The van der Waals surface area contributed by atoms with Gasteiger partial charge in [0.05, 0.1) is 24.7 Å². The molecular weight excluding hydrogens is 343 g/mol. The molecule has 0 atom stereocenters. The Balaban J connectivity index is 1.51. The van der Waals surface area contributed by atoms with E-state index in [1.165, 1.54) is 17.5 Å². The molecule has 5 nitrogen and oxygen atoms in total. The summed E-state index contributed by atoms with van der Waals surface area (Å²) in [5, 5.41) is 0. The molecule has 0 bridgehead atoms. The Morgan fingerprint density at radius 2 is 2.07 bits per heavy atom. The van der Waals surface area contributed by atoms with E-state index in [1.54, 1.807) is 13.2 Å². The molecule has 6 heteroatoms. The molecule has 0 unspecified atom stereocenters. The summed E-state index contributed by atoms with van der Waals surface area (Å²) in [4.78, 5) is 13.1. The molecule has 0 aliphatic carbocycles. The van der Waals surface area contributed by atoms with E-state index in [0.717, 1.165) is 51.9 Å². The Bertz CT molecular complexity index is 782. The monoisotopic (exact) mass is 372 g/mol. The minimum Gasteiger partial charge on any atom is -0.497 e. The van der Waals surface area contributed by atoms with Crippen molar-refractivity contribution >= 4 is 0 Å². The standard InChI is InChI=1S/C21H29FN4O/c1-3-9-26-10-6-19-20(24-15-23-19)21(26)7-11-25(12-8-21)14-16-13-17(27-2)4-5-18(16)22/h4-5,13,15H,3,6-12,14H2,1-2H3,(H,23,24). The minimum absolute atomic E-state index is 0.0347. The first-order valence-electron chi connectivity index (χ1n) is 9.99. The molecule has 4 rings (SSSR count). The normalized spacial score (nSPS) is 20.0. The van der Waals surface area contributed by atoms with Crippen molar-refractivity contribution in [1.29, 1.82) is 0 Å². The van der Waals surface area contributed by atoms with E-state index in [0.29, 0.717) is 17.9 Å². The molecule has 1 N–H and O–H groups in total. The van der Waals surface area contributed by atoms with Crippen LogP contribution in [0.3, 0.4) is 0 Å². The van der Waals surface area contributed by atoms with E-state index in [1.807, 2.05) is 12.4 Å². The quantitative estimate of drug-likeness (QED) is 0.875. The summed E-state index contributed by atoms with van der Waals surface area (Å²) in [5.74, 6) is 0.554. The van der Waals surface area contributed by atoms with Crippen molar-refractivity contribution in [3.8, 4) is 5.75 Å². The van der Waals surface area contributed by atoms with Gasteiger partial charge in [-0.25, -0.2) is 9.37 Å². The fourth-order valence-electron chi connectivity index (χ4n) is 4.79. The van der Waals surface area contributed by atoms with Crippen LogP contribution in [0.5, 0.6) is 5.75 Å². The number of aromatic nitrogens is 2. The Morgan fingerprint density at radius 3 is 2.81 bits per heavy atom. The number of halogens is 1. The summed E-state index contributed by atoms with van der Waals surface area (Å²) >= 11 is 0. The van der Waals surface area contributed by atoms with Gasteiger partial charge < -0.3 is 9.72 Å². The first kappa shape index (κ1) is 18.4. The lowest BCUT2D eigenvalue weighted by Gasteiger charge is -2.50. The maximum Gasteiger partial charge on any atom is 0.127 e. The van der Waals surface area contributed by atoms with Gasteiger partial charge in [-0.15, -0.1) is 0 Å². The lowest BCUT2D eigenvalue weighted by Crippen LogP contribution is -2.56. The third-order valence-corrected chi connectivity index (χ3v) is 6.22. The summed E-state index contributed by atoms with van der Waals surface area (Å²) < 4.78 is 19.5. The van der Waals surface area contributed by atoms with Gasteiger partial charge in [-0.2, -0.15) is 0 Å². The number of piperidine rings is 1. The lowest BCUT2D eigenvalue weighted by atomic mass is 9.78. The zero-order valence-corrected chi connectivity index (χ0v) is 16.3. The number of methoxy groups -OCH3 is 1. The van der Waals surface area contributed by atoms with Crippen LogP contribution in [0.25, 0.3) is 0 Å². The average Bonchev–Trinajstić information content (AvgIpc) is 3.17. The second-order valence-corrected chi connectivity index (χ2v) is 7.73. The Kier molecular flexibility index (Phi) is 5.19. The van der Waals surface area contributed by atoms with Crippen molar-refractivity contribution in [3.05, 3.63) is 47.3 Å². The zero-order valence-electron chi connectivity index (χ0n) is 16.3. The van der Waals surface area contributed by atoms with Gasteiger partial charge in [-0.1, -0.05) is 6.92 Å². The fraction of sp³-hybridized carbons (Fsp3) is 0.571. The number of hydrogen-bond donors (Lipinski definition) is 1. The summed E-state index contributed by atoms with van der Waals surface area (Å²) in [6, 6.07) is 4.99. The Hall–Kier alpha value is -1.92. The molecule has 3 heterocycles. The smallest absolute Gasteiger partial charge is 0.127 e. The highest BCUT2D eigenvalue weighted by Gasteiger charge is 2.46. The van der Waals surface area contributed by atoms with Crippen LogP contribution in [0.15, 0.2) is 24.5 Å². The number of imidazole rings is 1. The van der Waals surface area contributed by atoms with Crippen LogP contribution in [-0.2, 0) is 18.5 Å². The SMILES string of the molecule is CCCN1CCc2[nH]cnc2C12CCN(Cc1cc(OC)ccc1F)CC2. The number of H-pyrrole nitrogens is 1. The van der Waals surface area contributed by atoms with Crippen molar-refractivity contribution in [2.24, 2.45) is 0 Å². The lowest BCUT2D eigenvalue weighted by molar-refractivity contribution is 0.00329. The maximum atomic E-state index is 14.2. The number of rotatable bonds is 5. The molecule has 2 aliphatic heterocycles. The van der Waals surface area contributed by atoms with Crippen molar-refractivity contribution < 1.29 is 9.13 Å². The summed E-state index contributed by atoms with van der Waals surface area (Å²) in [6.45, 7) is 6.96. The number of hydrogen-bond acceptors (Lipinski definition) is 4. The molecule has 1 aromatic heterocycles. The number of likely N-dealkylation sites (tertiary alicyclic amines) is 1. The van der Waals surface area contributed by atoms with Gasteiger partial charge in [-0.3, -0.25) is 9.80 Å².